The molecule has 0 fully saturated rings. The lowest BCUT2D eigenvalue weighted by molar-refractivity contribution is -0.122. The highest BCUT2D eigenvalue weighted by atomic mass is 79.9. The van der Waals surface area contributed by atoms with Gasteiger partial charge in [0.25, 0.3) is 5.91 Å². The number of hydrogen-bond acceptors (Lipinski definition) is 3. The largest absolute Gasteiger partial charge is 0.483 e. The first-order chi connectivity index (χ1) is 8.67. The van der Waals surface area contributed by atoms with Crippen molar-refractivity contribution in [1.29, 1.82) is 0 Å². The number of benzene rings is 1. The highest BCUT2D eigenvalue weighted by Gasteiger charge is 2.05. The molecule has 5 heteroatoms. The molecule has 0 radical (unpaired) electrons. The standard InChI is InChI=1S/C13H17BrN2O2/c1-3-6-16-13(17)9-18-12-5-4-10(8-15-2)7-11(12)14/h3-5,7,15H,1,6,8-9H2,2H3,(H,16,17). The van der Waals surface area contributed by atoms with Crippen LogP contribution >= 0.6 is 15.9 Å². The van der Waals surface area contributed by atoms with Crippen molar-refractivity contribution in [2.24, 2.45) is 0 Å². The number of amides is 1. The summed E-state index contributed by atoms with van der Waals surface area (Å²) >= 11 is 3.42. The Morgan fingerprint density at radius 3 is 2.94 bits per heavy atom. The third-order valence-corrected chi connectivity index (χ3v) is 2.80. The van der Waals surface area contributed by atoms with Gasteiger partial charge >= 0.3 is 0 Å². The average molecular weight is 313 g/mol. The number of halogens is 1. The van der Waals surface area contributed by atoms with E-state index in [4.69, 9.17) is 4.74 Å². The van der Waals surface area contributed by atoms with Gasteiger partial charge < -0.3 is 15.4 Å². The Balaban J connectivity index is 2.52. The lowest BCUT2D eigenvalue weighted by atomic mass is 10.2. The van der Waals surface area contributed by atoms with Gasteiger partial charge in [-0.05, 0) is 40.7 Å². The van der Waals surface area contributed by atoms with E-state index in [1.54, 1.807) is 6.08 Å². The van der Waals surface area contributed by atoms with Gasteiger partial charge in [-0.2, -0.15) is 0 Å². The van der Waals surface area contributed by atoms with Gasteiger partial charge in [0.2, 0.25) is 0 Å². The minimum absolute atomic E-state index is 0.00217. The predicted octanol–water partition coefficient (Wildman–Crippen LogP) is 1.85. The molecule has 0 unspecified atom stereocenters. The second-order valence-electron chi connectivity index (χ2n) is 3.68. The molecule has 0 heterocycles. The van der Waals surface area contributed by atoms with Crippen molar-refractivity contribution < 1.29 is 9.53 Å². The molecule has 0 aliphatic carbocycles. The summed E-state index contributed by atoms with van der Waals surface area (Å²) in [4.78, 5) is 11.3. The molecule has 2 N–H and O–H groups in total. The highest BCUT2D eigenvalue weighted by Crippen LogP contribution is 2.25. The van der Waals surface area contributed by atoms with Crippen molar-refractivity contribution in [2.45, 2.75) is 6.54 Å². The van der Waals surface area contributed by atoms with Gasteiger partial charge in [-0.1, -0.05) is 12.1 Å². The van der Waals surface area contributed by atoms with Crippen LogP contribution in [0.1, 0.15) is 5.56 Å². The first kappa shape index (κ1) is 14.7. The fourth-order valence-electron chi connectivity index (χ4n) is 1.36. The van der Waals surface area contributed by atoms with E-state index >= 15 is 0 Å². The minimum atomic E-state index is -0.166. The van der Waals surface area contributed by atoms with E-state index < -0.39 is 0 Å². The molecule has 1 rings (SSSR count). The Labute approximate surface area is 116 Å². The molecule has 0 saturated carbocycles. The molecular formula is C13H17BrN2O2. The van der Waals surface area contributed by atoms with E-state index in [0.29, 0.717) is 12.3 Å². The molecule has 0 atom stereocenters. The summed E-state index contributed by atoms with van der Waals surface area (Å²) in [5, 5.41) is 5.72. The van der Waals surface area contributed by atoms with Gasteiger partial charge in [0.15, 0.2) is 6.61 Å². The summed E-state index contributed by atoms with van der Waals surface area (Å²) in [7, 11) is 1.89. The Hall–Kier alpha value is -1.33. The van der Waals surface area contributed by atoms with Crippen molar-refractivity contribution in [3.8, 4) is 5.75 Å². The molecular weight excluding hydrogens is 296 g/mol. The normalized spacial score (nSPS) is 9.89. The van der Waals surface area contributed by atoms with Gasteiger partial charge in [0.05, 0.1) is 4.47 Å². The first-order valence-corrected chi connectivity index (χ1v) is 6.40. The van der Waals surface area contributed by atoms with Crippen molar-refractivity contribution in [3.05, 3.63) is 40.9 Å². The van der Waals surface area contributed by atoms with Crippen LogP contribution < -0.4 is 15.4 Å². The summed E-state index contributed by atoms with van der Waals surface area (Å²) in [6.07, 6.45) is 1.63. The Bertz CT molecular complexity index is 421. The summed E-state index contributed by atoms with van der Waals surface area (Å²) in [5.41, 5.74) is 1.15. The molecule has 0 aliphatic rings. The van der Waals surface area contributed by atoms with E-state index in [-0.39, 0.29) is 12.5 Å². The van der Waals surface area contributed by atoms with Crippen molar-refractivity contribution in [3.63, 3.8) is 0 Å². The molecule has 1 amide bonds. The second kappa shape index (κ2) is 7.89. The molecule has 0 spiro atoms. The summed E-state index contributed by atoms with van der Waals surface area (Å²) in [5.74, 6) is 0.490. The van der Waals surface area contributed by atoms with Crippen molar-refractivity contribution in [1.82, 2.24) is 10.6 Å². The Kier molecular flexibility index (Phi) is 6.46. The predicted molar refractivity (Wildman–Crippen MR) is 75.6 cm³/mol. The smallest absolute Gasteiger partial charge is 0.258 e. The fraction of sp³-hybridized carbons (Fsp3) is 0.308. The van der Waals surface area contributed by atoms with Crippen molar-refractivity contribution in [2.75, 3.05) is 20.2 Å². The van der Waals surface area contributed by atoms with Crippen LogP contribution in [0.15, 0.2) is 35.3 Å². The van der Waals surface area contributed by atoms with Crippen LogP contribution in [0.25, 0.3) is 0 Å². The van der Waals surface area contributed by atoms with E-state index in [1.807, 2.05) is 25.2 Å². The Morgan fingerprint density at radius 2 is 2.33 bits per heavy atom. The SMILES string of the molecule is C=CCNC(=O)COc1ccc(CNC)cc1Br. The van der Waals surface area contributed by atoms with Crippen LogP contribution in [0.3, 0.4) is 0 Å². The van der Waals surface area contributed by atoms with Crippen LogP contribution in [0.2, 0.25) is 0 Å². The van der Waals surface area contributed by atoms with E-state index in [0.717, 1.165) is 16.6 Å². The zero-order valence-corrected chi connectivity index (χ0v) is 11.9. The zero-order valence-electron chi connectivity index (χ0n) is 10.3. The van der Waals surface area contributed by atoms with Gasteiger partial charge in [0.1, 0.15) is 5.75 Å². The maximum absolute atomic E-state index is 11.3. The second-order valence-corrected chi connectivity index (χ2v) is 4.53. The van der Waals surface area contributed by atoms with Crippen molar-refractivity contribution >= 4 is 21.8 Å². The molecule has 0 aliphatic heterocycles. The van der Waals surface area contributed by atoms with Crippen LogP contribution in [0, 0.1) is 0 Å². The molecule has 18 heavy (non-hydrogen) atoms. The molecule has 0 aromatic heterocycles. The maximum atomic E-state index is 11.3. The van der Waals surface area contributed by atoms with Crippen LogP contribution in [-0.4, -0.2) is 26.1 Å². The average Bonchev–Trinajstić information content (AvgIpc) is 2.35. The molecule has 1 aromatic rings. The number of hydrogen-bond donors (Lipinski definition) is 2. The number of rotatable bonds is 7. The van der Waals surface area contributed by atoms with E-state index in [9.17, 15) is 4.79 Å². The third-order valence-electron chi connectivity index (χ3n) is 2.18. The summed E-state index contributed by atoms with van der Waals surface area (Å²) in [6.45, 7) is 4.76. The molecule has 1 aromatic carbocycles. The van der Waals surface area contributed by atoms with Crippen LogP contribution in [0.5, 0.6) is 5.75 Å². The van der Waals surface area contributed by atoms with Gasteiger partial charge in [0, 0.05) is 13.1 Å². The summed E-state index contributed by atoms with van der Waals surface area (Å²) < 4.78 is 6.25. The van der Waals surface area contributed by atoms with E-state index in [1.165, 1.54) is 0 Å². The topological polar surface area (TPSA) is 50.4 Å². The number of nitrogens with one attached hydrogen (secondary N) is 2. The Morgan fingerprint density at radius 1 is 1.56 bits per heavy atom. The van der Waals surface area contributed by atoms with Crippen LogP contribution in [-0.2, 0) is 11.3 Å². The maximum Gasteiger partial charge on any atom is 0.258 e. The lowest BCUT2D eigenvalue weighted by Crippen LogP contribution is -2.28. The van der Waals surface area contributed by atoms with Gasteiger partial charge in [-0.25, -0.2) is 0 Å². The number of ether oxygens (including phenoxy) is 1. The molecule has 0 saturated heterocycles. The zero-order chi connectivity index (χ0) is 13.4. The van der Waals surface area contributed by atoms with Gasteiger partial charge in [-0.15, -0.1) is 6.58 Å². The van der Waals surface area contributed by atoms with Gasteiger partial charge in [-0.3, -0.25) is 4.79 Å². The lowest BCUT2D eigenvalue weighted by Gasteiger charge is -2.09. The molecule has 0 bridgehead atoms. The first-order valence-electron chi connectivity index (χ1n) is 5.60. The highest BCUT2D eigenvalue weighted by molar-refractivity contribution is 9.10. The monoisotopic (exact) mass is 312 g/mol. The van der Waals surface area contributed by atoms with E-state index in [2.05, 4.69) is 33.1 Å². The van der Waals surface area contributed by atoms with Crippen LogP contribution in [0.4, 0.5) is 0 Å². The summed E-state index contributed by atoms with van der Waals surface area (Å²) in [6, 6.07) is 5.77. The quantitative estimate of drug-likeness (QED) is 0.756. The minimum Gasteiger partial charge on any atom is -0.483 e. The fourth-order valence-corrected chi connectivity index (χ4v) is 1.90. The molecule has 4 nitrogen and oxygen atoms in total. The number of carbonyl (C=O) groups excluding carboxylic acids is 1. The molecule has 98 valence electrons. The third kappa shape index (κ3) is 4.89. The number of carbonyl (C=O) groups is 1.